The molecule has 0 radical (unpaired) electrons. The molecule has 0 bridgehead atoms. The molecule has 14 heavy (non-hydrogen) atoms. The molecule has 2 nitrogen and oxygen atoms in total. The van der Waals surface area contributed by atoms with Crippen molar-refractivity contribution in [2.24, 2.45) is 0 Å². The van der Waals surface area contributed by atoms with Gasteiger partial charge in [-0.1, -0.05) is 18.2 Å². The lowest BCUT2D eigenvalue weighted by molar-refractivity contribution is 0.110. The van der Waals surface area contributed by atoms with E-state index in [-0.39, 0.29) is 0 Å². The highest BCUT2D eigenvalue weighted by molar-refractivity contribution is 5.33. The molecular weight excluding hydrogens is 183 g/mol. The first-order valence-corrected chi connectivity index (χ1v) is 4.74. The second-order valence-electron chi connectivity index (χ2n) is 3.50. The van der Waals surface area contributed by atoms with Crippen molar-refractivity contribution in [3.05, 3.63) is 34.9 Å². The second kappa shape index (κ2) is 4.07. The van der Waals surface area contributed by atoms with Crippen LogP contribution in [0.3, 0.4) is 0 Å². The molecule has 1 aromatic carbocycles. The van der Waals surface area contributed by atoms with E-state index in [0.717, 1.165) is 12.0 Å². The lowest BCUT2D eigenvalue weighted by atomic mass is 9.98. The fourth-order valence-electron chi connectivity index (χ4n) is 1.68. The van der Waals surface area contributed by atoms with Crippen molar-refractivity contribution in [3.8, 4) is 0 Å². The third-order valence-electron chi connectivity index (χ3n) is 2.53. The Morgan fingerprint density at radius 1 is 1.43 bits per heavy atom. The van der Waals surface area contributed by atoms with Gasteiger partial charge in [-0.15, -0.1) is 0 Å². The van der Waals surface area contributed by atoms with Crippen LogP contribution in [0.5, 0.6) is 0 Å². The Bertz CT molecular complexity index is 325. The van der Waals surface area contributed by atoms with Crippen LogP contribution in [-0.2, 0) is 17.8 Å². The summed E-state index contributed by atoms with van der Waals surface area (Å²) in [6, 6.07) is 5.54. The first-order chi connectivity index (χ1) is 6.81. The van der Waals surface area contributed by atoms with Gasteiger partial charge in [0, 0.05) is 0 Å². The minimum Gasteiger partial charge on any atom is -0.386 e. The van der Waals surface area contributed by atoms with Gasteiger partial charge in [-0.2, -0.15) is 0 Å². The van der Waals surface area contributed by atoms with E-state index in [9.17, 15) is 9.50 Å². The Balaban J connectivity index is 2.29. The average Bonchev–Trinajstić information content (AvgIpc) is 2.27. The summed E-state index contributed by atoms with van der Waals surface area (Å²) >= 11 is 0. The van der Waals surface area contributed by atoms with Crippen molar-refractivity contribution in [3.63, 3.8) is 0 Å². The maximum absolute atomic E-state index is 12.2. The molecule has 76 valence electrons. The number of alkyl halides is 1. The summed E-state index contributed by atoms with van der Waals surface area (Å²) in [5.41, 5.74) is 2.97. The zero-order valence-corrected chi connectivity index (χ0v) is 7.87. The van der Waals surface area contributed by atoms with Gasteiger partial charge < -0.3 is 9.84 Å². The number of benzene rings is 1. The predicted molar refractivity (Wildman–Crippen MR) is 50.7 cm³/mol. The SMILES string of the molecule is OC(CF)c1ccc2c(c1)CCOC2. The Kier molecular flexibility index (Phi) is 2.79. The first-order valence-electron chi connectivity index (χ1n) is 4.74. The summed E-state index contributed by atoms with van der Waals surface area (Å²) in [5.74, 6) is 0. The van der Waals surface area contributed by atoms with Crippen molar-refractivity contribution < 1.29 is 14.2 Å². The summed E-state index contributed by atoms with van der Waals surface area (Å²) < 4.78 is 17.5. The quantitative estimate of drug-likeness (QED) is 0.781. The Morgan fingerprint density at radius 3 is 3.07 bits per heavy atom. The highest BCUT2D eigenvalue weighted by atomic mass is 19.1. The van der Waals surface area contributed by atoms with Crippen LogP contribution in [0.1, 0.15) is 22.8 Å². The van der Waals surface area contributed by atoms with Crippen LogP contribution in [-0.4, -0.2) is 18.4 Å². The standard InChI is InChI=1S/C11H13FO2/c12-6-11(13)9-1-2-10-7-14-4-3-8(10)5-9/h1-2,5,11,13H,3-4,6-7H2. The fraction of sp³-hybridized carbons (Fsp3) is 0.455. The lowest BCUT2D eigenvalue weighted by Crippen LogP contribution is -2.11. The molecule has 0 aliphatic carbocycles. The molecule has 0 saturated heterocycles. The van der Waals surface area contributed by atoms with Gasteiger partial charge in [0.1, 0.15) is 12.8 Å². The van der Waals surface area contributed by atoms with E-state index in [2.05, 4.69) is 0 Å². The van der Waals surface area contributed by atoms with Crippen molar-refractivity contribution in [2.45, 2.75) is 19.1 Å². The Morgan fingerprint density at radius 2 is 2.29 bits per heavy atom. The topological polar surface area (TPSA) is 29.5 Å². The maximum Gasteiger partial charge on any atom is 0.119 e. The molecule has 0 amide bonds. The molecule has 1 heterocycles. The molecule has 1 aliphatic rings. The normalized spacial score (nSPS) is 17.6. The Hall–Kier alpha value is -0.930. The zero-order valence-electron chi connectivity index (χ0n) is 7.87. The van der Waals surface area contributed by atoms with E-state index in [1.165, 1.54) is 5.56 Å². The Labute approximate surface area is 82.3 Å². The van der Waals surface area contributed by atoms with E-state index in [1.807, 2.05) is 12.1 Å². The fourth-order valence-corrected chi connectivity index (χ4v) is 1.68. The van der Waals surface area contributed by atoms with E-state index in [4.69, 9.17) is 4.74 Å². The van der Waals surface area contributed by atoms with Crippen LogP contribution in [0.4, 0.5) is 4.39 Å². The minimum atomic E-state index is -0.983. The first kappa shape index (κ1) is 9.62. The van der Waals surface area contributed by atoms with Crippen molar-refractivity contribution in [1.82, 2.24) is 0 Å². The third kappa shape index (κ3) is 1.79. The molecule has 1 unspecified atom stereocenters. The molecule has 3 heteroatoms. The van der Waals surface area contributed by atoms with Gasteiger partial charge in [-0.3, -0.25) is 0 Å². The highest BCUT2D eigenvalue weighted by Crippen LogP contribution is 2.22. The smallest absolute Gasteiger partial charge is 0.119 e. The van der Waals surface area contributed by atoms with Gasteiger partial charge >= 0.3 is 0 Å². The van der Waals surface area contributed by atoms with E-state index < -0.39 is 12.8 Å². The molecule has 1 N–H and O–H groups in total. The van der Waals surface area contributed by atoms with Gasteiger partial charge in [-0.25, -0.2) is 4.39 Å². The van der Waals surface area contributed by atoms with Crippen molar-refractivity contribution in [2.75, 3.05) is 13.3 Å². The molecule has 1 atom stereocenters. The third-order valence-corrected chi connectivity index (χ3v) is 2.53. The minimum absolute atomic E-state index is 0.626. The van der Waals surface area contributed by atoms with Crippen LogP contribution in [0.2, 0.25) is 0 Å². The monoisotopic (exact) mass is 196 g/mol. The number of aliphatic hydroxyl groups excluding tert-OH is 1. The predicted octanol–water partition coefficient (Wildman–Crippen LogP) is 1.76. The van der Waals surface area contributed by atoms with Crippen LogP contribution < -0.4 is 0 Å². The van der Waals surface area contributed by atoms with Gasteiger partial charge in [0.05, 0.1) is 13.2 Å². The highest BCUT2D eigenvalue weighted by Gasteiger charge is 2.13. The van der Waals surface area contributed by atoms with Gasteiger partial charge in [-0.05, 0) is 23.1 Å². The summed E-state index contributed by atoms with van der Waals surface area (Å²) in [5, 5.41) is 9.32. The summed E-state index contributed by atoms with van der Waals surface area (Å²) in [4.78, 5) is 0. The molecule has 2 rings (SSSR count). The van der Waals surface area contributed by atoms with Crippen molar-refractivity contribution in [1.29, 1.82) is 0 Å². The van der Waals surface area contributed by atoms with Crippen molar-refractivity contribution >= 4 is 0 Å². The second-order valence-corrected chi connectivity index (χ2v) is 3.50. The molecule has 1 aromatic rings. The molecule has 0 spiro atoms. The summed E-state index contributed by atoms with van der Waals surface area (Å²) in [6.07, 6.45) is -0.134. The number of fused-ring (bicyclic) bond motifs is 1. The number of halogens is 1. The molecule has 0 saturated carbocycles. The molecule has 0 aromatic heterocycles. The number of hydrogen-bond acceptors (Lipinski definition) is 2. The van der Waals surface area contributed by atoms with Gasteiger partial charge in [0.25, 0.3) is 0 Å². The van der Waals surface area contributed by atoms with E-state index >= 15 is 0 Å². The summed E-state index contributed by atoms with van der Waals surface area (Å²) in [6.45, 7) is 0.610. The van der Waals surface area contributed by atoms with Gasteiger partial charge in [0.15, 0.2) is 0 Å². The maximum atomic E-state index is 12.2. The average molecular weight is 196 g/mol. The number of aliphatic hydroxyl groups is 1. The number of ether oxygens (including phenoxy) is 1. The van der Waals surface area contributed by atoms with E-state index in [1.54, 1.807) is 6.07 Å². The number of hydrogen-bond donors (Lipinski definition) is 1. The zero-order chi connectivity index (χ0) is 9.97. The summed E-state index contributed by atoms with van der Waals surface area (Å²) in [7, 11) is 0. The van der Waals surface area contributed by atoms with Crippen LogP contribution in [0.15, 0.2) is 18.2 Å². The lowest BCUT2D eigenvalue weighted by Gasteiger charge is -2.18. The van der Waals surface area contributed by atoms with E-state index in [0.29, 0.717) is 18.8 Å². The number of rotatable bonds is 2. The van der Waals surface area contributed by atoms with Crippen LogP contribution in [0, 0.1) is 0 Å². The van der Waals surface area contributed by atoms with Crippen LogP contribution >= 0.6 is 0 Å². The van der Waals surface area contributed by atoms with Gasteiger partial charge in [0.2, 0.25) is 0 Å². The molecular formula is C11H13FO2. The molecule has 0 fully saturated rings. The molecule has 1 aliphatic heterocycles. The van der Waals surface area contributed by atoms with Crippen LogP contribution in [0.25, 0.3) is 0 Å². The largest absolute Gasteiger partial charge is 0.386 e.